The standard InChI is InChI=1S/C18H13ClF2N4O5/c1-18(11-3-5-12(6-4-11)30-16(20)21)15(26)24(17(27)23-18)22-9-10-2-7-13(19)14(8-10)25(28)29/h2-9,16H,1H3,(H,23,27). The number of hydrogen-bond donors (Lipinski definition) is 1. The largest absolute Gasteiger partial charge is 0.435 e. The molecule has 12 heteroatoms. The molecule has 30 heavy (non-hydrogen) atoms. The Labute approximate surface area is 173 Å². The average molecular weight is 439 g/mol. The van der Waals surface area contributed by atoms with E-state index >= 15 is 0 Å². The van der Waals surface area contributed by atoms with Crippen molar-refractivity contribution in [1.82, 2.24) is 10.3 Å². The number of carbonyl (C=O) groups excluding carboxylic acids is 2. The molecule has 1 saturated heterocycles. The van der Waals surface area contributed by atoms with E-state index in [0.29, 0.717) is 10.6 Å². The second-order valence-electron chi connectivity index (χ2n) is 6.29. The second kappa shape index (κ2) is 8.03. The van der Waals surface area contributed by atoms with Gasteiger partial charge in [-0.3, -0.25) is 14.9 Å². The van der Waals surface area contributed by atoms with Crippen LogP contribution in [-0.2, 0) is 10.3 Å². The highest BCUT2D eigenvalue weighted by Crippen LogP contribution is 2.31. The molecule has 3 amide bonds. The predicted molar refractivity (Wildman–Crippen MR) is 102 cm³/mol. The van der Waals surface area contributed by atoms with Gasteiger partial charge in [-0.05, 0) is 30.7 Å². The lowest BCUT2D eigenvalue weighted by atomic mass is 9.92. The SMILES string of the molecule is CC1(c2ccc(OC(F)F)cc2)NC(=O)N(N=Cc2ccc(Cl)c([N+](=O)[O-])c2)C1=O. The molecule has 0 aromatic heterocycles. The highest BCUT2D eigenvalue weighted by atomic mass is 35.5. The van der Waals surface area contributed by atoms with Gasteiger partial charge in [0.05, 0.1) is 11.1 Å². The number of carbonyl (C=O) groups is 2. The van der Waals surface area contributed by atoms with Gasteiger partial charge in [0.15, 0.2) is 0 Å². The first-order valence-electron chi connectivity index (χ1n) is 8.32. The van der Waals surface area contributed by atoms with E-state index in [2.05, 4.69) is 15.2 Å². The van der Waals surface area contributed by atoms with E-state index in [1.807, 2.05) is 0 Å². The van der Waals surface area contributed by atoms with Crippen LogP contribution in [0.5, 0.6) is 5.75 Å². The first kappa shape index (κ1) is 21.1. The van der Waals surface area contributed by atoms with E-state index in [-0.39, 0.29) is 22.0 Å². The molecule has 0 spiro atoms. The van der Waals surface area contributed by atoms with Crippen LogP contribution in [0.25, 0.3) is 0 Å². The summed E-state index contributed by atoms with van der Waals surface area (Å²) in [5.41, 5.74) is -1.28. The van der Waals surface area contributed by atoms with Gasteiger partial charge in [-0.25, -0.2) is 4.79 Å². The molecule has 1 heterocycles. The van der Waals surface area contributed by atoms with Gasteiger partial charge in [0.1, 0.15) is 16.3 Å². The summed E-state index contributed by atoms with van der Waals surface area (Å²) < 4.78 is 28.8. The number of nitrogens with zero attached hydrogens (tertiary/aromatic N) is 3. The number of nitro groups is 1. The lowest BCUT2D eigenvalue weighted by molar-refractivity contribution is -0.384. The zero-order valence-corrected chi connectivity index (χ0v) is 16.0. The number of nitrogens with one attached hydrogen (secondary N) is 1. The molecule has 156 valence electrons. The van der Waals surface area contributed by atoms with E-state index < -0.39 is 29.0 Å². The molecule has 0 saturated carbocycles. The maximum atomic E-state index is 12.8. The van der Waals surface area contributed by atoms with Gasteiger partial charge in [0, 0.05) is 11.6 Å². The minimum atomic E-state index is -2.99. The van der Waals surface area contributed by atoms with E-state index in [0.717, 1.165) is 12.3 Å². The first-order chi connectivity index (χ1) is 14.1. The Morgan fingerprint density at radius 2 is 1.93 bits per heavy atom. The van der Waals surface area contributed by atoms with E-state index in [1.54, 1.807) is 0 Å². The van der Waals surface area contributed by atoms with Crippen LogP contribution >= 0.6 is 11.6 Å². The normalized spacial score (nSPS) is 18.9. The molecule has 1 atom stereocenters. The van der Waals surface area contributed by atoms with Crippen LogP contribution in [0.4, 0.5) is 19.3 Å². The molecule has 1 aliphatic rings. The van der Waals surface area contributed by atoms with Crippen LogP contribution in [0.15, 0.2) is 47.6 Å². The number of halogens is 3. The van der Waals surface area contributed by atoms with Crippen molar-refractivity contribution < 1.29 is 28.0 Å². The summed E-state index contributed by atoms with van der Waals surface area (Å²) in [6.07, 6.45) is 1.10. The Hall–Kier alpha value is -3.60. The summed E-state index contributed by atoms with van der Waals surface area (Å²) in [5, 5.41) is 17.8. The number of ether oxygens (including phenoxy) is 1. The van der Waals surface area contributed by atoms with E-state index in [4.69, 9.17) is 11.6 Å². The fraction of sp³-hybridized carbons (Fsp3) is 0.167. The van der Waals surface area contributed by atoms with Crippen molar-refractivity contribution >= 4 is 35.4 Å². The van der Waals surface area contributed by atoms with Crippen molar-refractivity contribution in [3.63, 3.8) is 0 Å². The first-order valence-corrected chi connectivity index (χ1v) is 8.69. The highest BCUT2D eigenvalue weighted by Gasteiger charge is 2.49. The summed E-state index contributed by atoms with van der Waals surface area (Å²) in [6, 6.07) is 8.26. The quantitative estimate of drug-likeness (QED) is 0.320. The Balaban J connectivity index is 1.83. The van der Waals surface area contributed by atoms with Gasteiger partial charge in [-0.1, -0.05) is 29.8 Å². The number of amides is 3. The van der Waals surface area contributed by atoms with Crippen LogP contribution in [0.3, 0.4) is 0 Å². The maximum absolute atomic E-state index is 12.8. The lowest BCUT2D eigenvalue weighted by Crippen LogP contribution is -2.40. The molecule has 1 aliphatic heterocycles. The second-order valence-corrected chi connectivity index (χ2v) is 6.69. The van der Waals surface area contributed by atoms with Crippen molar-refractivity contribution in [3.05, 3.63) is 68.7 Å². The molecule has 1 fully saturated rings. The zero-order valence-electron chi connectivity index (χ0n) is 15.2. The molecule has 9 nitrogen and oxygen atoms in total. The third-order valence-electron chi connectivity index (χ3n) is 4.32. The molecule has 0 aliphatic carbocycles. The van der Waals surface area contributed by atoms with Gasteiger partial charge in [0.2, 0.25) is 0 Å². The Bertz CT molecular complexity index is 1050. The monoisotopic (exact) mass is 438 g/mol. The summed E-state index contributed by atoms with van der Waals surface area (Å²) in [4.78, 5) is 35.3. The van der Waals surface area contributed by atoms with Crippen LogP contribution in [0.1, 0.15) is 18.1 Å². The minimum Gasteiger partial charge on any atom is -0.435 e. The molecular formula is C18H13ClF2N4O5. The summed E-state index contributed by atoms with van der Waals surface area (Å²) in [5.74, 6) is -0.830. The van der Waals surface area contributed by atoms with Crippen molar-refractivity contribution in [1.29, 1.82) is 0 Å². The van der Waals surface area contributed by atoms with Gasteiger partial charge < -0.3 is 10.1 Å². The summed E-state index contributed by atoms with van der Waals surface area (Å²) >= 11 is 5.74. The van der Waals surface area contributed by atoms with Crippen molar-refractivity contribution in [2.24, 2.45) is 5.10 Å². The van der Waals surface area contributed by atoms with Gasteiger partial charge in [-0.2, -0.15) is 13.9 Å². The van der Waals surface area contributed by atoms with Crippen molar-refractivity contribution in [3.8, 4) is 5.75 Å². The number of alkyl halides is 2. The van der Waals surface area contributed by atoms with Gasteiger partial charge >= 0.3 is 12.6 Å². The third kappa shape index (κ3) is 4.06. The summed E-state index contributed by atoms with van der Waals surface area (Å²) in [7, 11) is 0. The zero-order chi connectivity index (χ0) is 22.1. The Morgan fingerprint density at radius 1 is 1.27 bits per heavy atom. The van der Waals surface area contributed by atoms with Crippen LogP contribution in [0.2, 0.25) is 5.02 Å². The molecule has 2 aromatic carbocycles. The third-order valence-corrected chi connectivity index (χ3v) is 4.64. The topological polar surface area (TPSA) is 114 Å². The van der Waals surface area contributed by atoms with E-state index in [1.165, 1.54) is 43.3 Å². The minimum absolute atomic E-state index is 0.0704. The average Bonchev–Trinajstić information content (AvgIpc) is 2.90. The van der Waals surface area contributed by atoms with Gasteiger partial charge in [-0.15, -0.1) is 5.01 Å². The molecule has 3 rings (SSSR count). The molecule has 2 aromatic rings. The molecule has 1 N–H and O–H groups in total. The number of nitro benzene ring substituents is 1. The van der Waals surface area contributed by atoms with Crippen LogP contribution in [0, 0.1) is 10.1 Å². The number of hydrazone groups is 1. The lowest BCUT2D eigenvalue weighted by Gasteiger charge is -2.21. The Morgan fingerprint density at radius 3 is 2.53 bits per heavy atom. The highest BCUT2D eigenvalue weighted by molar-refractivity contribution is 6.32. The fourth-order valence-electron chi connectivity index (χ4n) is 2.77. The van der Waals surface area contributed by atoms with Crippen molar-refractivity contribution in [2.45, 2.75) is 19.1 Å². The molecular weight excluding hydrogens is 426 g/mol. The maximum Gasteiger partial charge on any atom is 0.387 e. The predicted octanol–water partition coefficient (Wildman–Crippen LogP) is 3.65. The van der Waals surface area contributed by atoms with Crippen LogP contribution < -0.4 is 10.1 Å². The number of urea groups is 1. The Kier molecular flexibility index (Phi) is 5.65. The number of hydrogen-bond acceptors (Lipinski definition) is 6. The smallest absolute Gasteiger partial charge is 0.387 e. The fourth-order valence-corrected chi connectivity index (χ4v) is 2.96. The molecule has 0 radical (unpaired) electrons. The summed E-state index contributed by atoms with van der Waals surface area (Å²) in [6.45, 7) is -1.56. The number of rotatable bonds is 6. The number of benzene rings is 2. The van der Waals surface area contributed by atoms with Crippen molar-refractivity contribution in [2.75, 3.05) is 0 Å². The van der Waals surface area contributed by atoms with Crippen LogP contribution in [-0.4, -0.2) is 34.7 Å². The van der Waals surface area contributed by atoms with Gasteiger partial charge in [0.25, 0.3) is 11.6 Å². The molecule has 1 unspecified atom stereocenters. The number of imide groups is 1. The molecule has 0 bridgehead atoms. The van der Waals surface area contributed by atoms with E-state index in [9.17, 15) is 28.5 Å².